The molecule has 0 heterocycles. The molecule has 0 saturated heterocycles. The Hall–Kier alpha value is -1.68. The van der Waals surface area contributed by atoms with Gasteiger partial charge < -0.3 is 5.73 Å². The fraction of sp³-hybridized carbons (Fsp3) is 0.0714. The van der Waals surface area contributed by atoms with Crippen molar-refractivity contribution >= 4 is 27.4 Å². The Morgan fingerprint density at radius 1 is 1.17 bits per heavy atom. The van der Waals surface area contributed by atoms with Gasteiger partial charge in [-0.2, -0.15) is 0 Å². The second-order valence-electron chi connectivity index (χ2n) is 4.03. The second kappa shape index (κ2) is 4.90. The summed E-state index contributed by atoms with van der Waals surface area (Å²) in [5, 5.41) is 0. The molecule has 0 aromatic heterocycles. The topological polar surface area (TPSA) is 43.1 Å². The van der Waals surface area contributed by atoms with Gasteiger partial charge in [0.05, 0.1) is 4.47 Å². The van der Waals surface area contributed by atoms with Crippen LogP contribution in [0.15, 0.2) is 40.9 Å². The number of hydrogen-bond donors (Lipinski definition) is 1. The van der Waals surface area contributed by atoms with E-state index in [0.29, 0.717) is 16.8 Å². The first-order chi connectivity index (χ1) is 8.49. The molecule has 2 nitrogen and oxygen atoms in total. The van der Waals surface area contributed by atoms with Crippen molar-refractivity contribution in [3.63, 3.8) is 0 Å². The zero-order chi connectivity index (χ0) is 13.3. The first-order valence-electron chi connectivity index (χ1n) is 5.35. The summed E-state index contributed by atoms with van der Waals surface area (Å²) in [5.41, 5.74) is 8.18. The molecule has 0 bridgehead atoms. The Balaban J connectivity index is 2.41. The van der Waals surface area contributed by atoms with Gasteiger partial charge in [-0.3, -0.25) is 4.79 Å². The minimum Gasteiger partial charge on any atom is -0.398 e. The van der Waals surface area contributed by atoms with Crippen LogP contribution in [0.4, 0.5) is 10.1 Å². The summed E-state index contributed by atoms with van der Waals surface area (Å²) in [4.78, 5) is 12.2. The number of carbonyl (C=O) groups is 1. The Kier molecular flexibility index (Phi) is 3.48. The highest BCUT2D eigenvalue weighted by Crippen LogP contribution is 2.21. The summed E-state index contributed by atoms with van der Waals surface area (Å²) in [6.45, 7) is 1.87. The summed E-state index contributed by atoms with van der Waals surface area (Å²) in [6.07, 6.45) is 0. The van der Waals surface area contributed by atoms with Gasteiger partial charge >= 0.3 is 0 Å². The van der Waals surface area contributed by atoms with E-state index in [1.54, 1.807) is 18.2 Å². The summed E-state index contributed by atoms with van der Waals surface area (Å²) in [7, 11) is 0. The number of rotatable bonds is 2. The molecule has 0 aliphatic carbocycles. The number of ketones is 1. The molecule has 2 rings (SSSR count). The zero-order valence-electron chi connectivity index (χ0n) is 9.71. The summed E-state index contributed by atoms with van der Waals surface area (Å²) in [6, 6.07) is 9.32. The molecule has 2 aromatic carbocycles. The molecule has 0 aliphatic rings. The van der Waals surface area contributed by atoms with Crippen molar-refractivity contribution in [1.82, 2.24) is 0 Å². The lowest BCUT2D eigenvalue weighted by Crippen LogP contribution is -2.03. The first kappa shape index (κ1) is 12.8. The largest absolute Gasteiger partial charge is 0.398 e. The van der Waals surface area contributed by atoms with E-state index in [1.165, 1.54) is 18.2 Å². The van der Waals surface area contributed by atoms with Crippen molar-refractivity contribution in [1.29, 1.82) is 0 Å². The van der Waals surface area contributed by atoms with Crippen molar-refractivity contribution in [3.8, 4) is 0 Å². The third-order valence-electron chi connectivity index (χ3n) is 2.72. The van der Waals surface area contributed by atoms with E-state index in [0.717, 1.165) is 5.56 Å². The number of hydrogen-bond acceptors (Lipinski definition) is 2. The fourth-order valence-electron chi connectivity index (χ4n) is 1.59. The van der Waals surface area contributed by atoms with Crippen LogP contribution in [0.2, 0.25) is 0 Å². The maximum Gasteiger partial charge on any atom is 0.193 e. The minimum atomic E-state index is -0.394. The van der Waals surface area contributed by atoms with Crippen LogP contribution < -0.4 is 5.73 Å². The molecule has 0 unspecified atom stereocenters. The predicted molar refractivity (Wildman–Crippen MR) is 73.1 cm³/mol. The van der Waals surface area contributed by atoms with Crippen LogP contribution in [0.5, 0.6) is 0 Å². The molecule has 0 fully saturated rings. The van der Waals surface area contributed by atoms with Crippen LogP contribution in [-0.4, -0.2) is 5.78 Å². The average molecular weight is 308 g/mol. The molecule has 0 atom stereocenters. The van der Waals surface area contributed by atoms with Gasteiger partial charge in [0.15, 0.2) is 5.78 Å². The Labute approximate surface area is 113 Å². The summed E-state index contributed by atoms with van der Waals surface area (Å²) < 4.78 is 13.4. The monoisotopic (exact) mass is 307 g/mol. The number of benzene rings is 2. The number of aryl methyl sites for hydroxylation is 1. The molecule has 4 heteroatoms. The van der Waals surface area contributed by atoms with Gasteiger partial charge in [0.1, 0.15) is 5.82 Å². The molecule has 0 spiro atoms. The maximum absolute atomic E-state index is 13.1. The van der Waals surface area contributed by atoms with Gasteiger partial charge in [0, 0.05) is 16.8 Å². The van der Waals surface area contributed by atoms with E-state index in [9.17, 15) is 9.18 Å². The number of halogens is 2. The SMILES string of the molecule is Cc1ccc(C(=O)c2ccc(F)c(Br)c2)cc1N. The average Bonchev–Trinajstić information content (AvgIpc) is 2.35. The van der Waals surface area contributed by atoms with Crippen molar-refractivity contribution in [3.05, 3.63) is 63.4 Å². The number of nitrogen functional groups attached to an aromatic ring is 1. The van der Waals surface area contributed by atoms with Crippen molar-refractivity contribution < 1.29 is 9.18 Å². The number of anilines is 1. The van der Waals surface area contributed by atoms with Gasteiger partial charge in [0.25, 0.3) is 0 Å². The maximum atomic E-state index is 13.1. The minimum absolute atomic E-state index is 0.178. The molecule has 0 saturated carbocycles. The number of carbonyl (C=O) groups excluding carboxylic acids is 1. The van der Waals surface area contributed by atoms with Crippen LogP contribution in [0.25, 0.3) is 0 Å². The quantitative estimate of drug-likeness (QED) is 0.679. The van der Waals surface area contributed by atoms with Crippen LogP contribution in [-0.2, 0) is 0 Å². The zero-order valence-corrected chi connectivity index (χ0v) is 11.3. The molecule has 0 amide bonds. The van der Waals surface area contributed by atoms with E-state index < -0.39 is 5.82 Å². The molecule has 0 aliphatic heterocycles. The van der Waals surface area contributed by atoms with E-state index in [1.807, 2.05) is 6.92 Å². The number of nitrogens with two attached hydrogens (primary N) is 1. The van der Waals surface area contributed by atoms with Crippen LogP contribution in [0, 0.1) is 12.7 Å². The molecular weight excluding hydrogens is 297 g/mol. The second-order valence-corrected chi connectivity index (χ2v) is 4.88. The van der Waals surface area contributed by atoms with E-state index >= 15 is 0 Å². The van der Waals surface area contributed by atoms with Crippen LogP contribution >= 0.6 is 15.9 Å². The lowest BCUT2D eigenvalue weighted by atomic mass is 10.0. The Morgan fingerprint density at radius 2 is 1.78 bits per heavy atom. The predicted octanol–water partition coefficient (Wildman–Crippen LogP) is 3.71. The van der Waals surface area contributed by atoms with Crippen LogP contribution in [0.3, 0.4) is 0 Å². The lowest BCUT2D eigenvalue weighted by Gasteiger charge is -2.05. The van der Waals surface area contributed by atoms with Gasteiger partial charge in [0.2, 0.25) is 0 Å². The smallest absolute Gasteiger partial charge is 0.193 e. The van der Waals surface area contributed by atoms with Crippen molar-refractivity contribution in [2.24, 2.45) is 0 Å². The normalized spacial score (nSPS) is 10.4. The van der Waals surface area contributed by atoms with E-state index in [4.69, 9.17) is 5.73 Å². The van der Waals surface area contributed by atoms with Gasteiger partial charge in [-0.05, 0) is 52.7 Å². The molecule has 92 valence electrons. The molecular formula is C14H11BrFNO. The third kappa shape index (κ3) is 2.43. The lowest BCUT2D eigenvalue weighted by molar-refractivity contribution is 0.103. The fourth-order valence-corrected chi connectivity index (χ4v) is 1.96. The van der Waals surface area contributed by atoms with E-state index in [2.05, 4.69) is 15.9 Å². The molecule has 2 aromatic rings. The molecule has 2 N–H and O–H groups in total. The van der Waals surface area contributed by atoms with Gasteiger partial charge in [-0.25, -0.2) is 4.39 Å². The standard InChI is InChI=1S/C14H11BrFNO/c1-8-2-3-10(7-13(8)17)14(18)9-4-5-12(16)11(15)6-9/h2-7H,17H2,1H3. The van der Waals surface area contributed by atoms with E-state index in [-0.39, 0.29) is 10.3 Å². The summed E-state index contributed by atoms with van der Waals surface area (Å²) in [5.74, 6) is -0.572. The highest BCUT2D eigenvalue weighted by atomic mass is 79.9. The highest BCUT2D eigenvalue weighted by Gasteiger charge is 2.11. The van der Waals surface area contributed by atoms with Gasteiger partial charge in [-0.15, -0.1) is 0 Å². The Morgan fingerprint density at radius 3 is 2.39 bits per heavy atom. The third-order valence-corrected chi connectivity index (χ3v) is 3.33. The Bertz CT molecular complexity index is 572. The molecule has 0 radical (unpaired) electrons. The molecule has 18 heavy (non-hydrogen) atoms. The van der Waals surface area contributed by atoms with Crippen molar-refractivity contribution in [2.45, 2.75) is 6.92 Å². The van der Waals surface area contributed by atoms with Gasteiger partial charge in [-0.1, -0.05) is 12.1 Å². The highest BCUT2D eigenvalue weighted by molar-refractivity contribution is 9.10. The first-order valence-corrected chi connectivity index (χ1v) is 6.14. The van der Waals surface area contributed by atoms with Crippen LogP contribution in [0.1, 0.15) is 21.5 Å². The summed E-state index contributed by atoms with van der Waals surface area (Å²) >= 11 is 3.06. The van der Waals surface area contributed by atoms with Crippen molar-refractivity contribution in [2.75, 3.05) is 5.73 Å².